The average molecular weight is 301 g/mol. The molecule has 1 unspecified atom stereocenters. The van der Waals surface area contributed by atoms with Crippen LogP contribution >= 0.6 is 15.9 Å². The van der Waals surface area contributed by atoms with E-state index in [-0.39, 0.29) is 0 Å². The highest BCUT2D eigenvalue weighted by Gasteiger charge is 2.23. The second-order valence-corrected chi connectivity index (χ2v) is 5.60. The zero-order valence-corrected chi connectivity index (χ0v) is 12.2. The molecule has 2 rings (SSSR count). The van der Waals surface area contributed by atoms with Crippen LogP contribution in [0.25, 0.3) is 0 Å². The van der Waals surface area contributed by atoms with E-state index in [0.29, 0.717) is 5.92 Å². The van der Waals surface area contributed by atoms with Crippen molar-refractivity contribution in [2.24, 2.45) is 18.7 Å². The summed E-state index contributed by atoms with van der Waals surface area (Å²) in [5, 5.41) is 4.53. The second kappa shape index (κ2) is 5.50. The van der Waals surface area contributed by atoms with E-state index in [9.17, 15) is 0 Å². The Morgan fingerprint density at radius 2 is 2.29 bits per heavy atom. The highest BCUT2D eigenvalue weighted by Crippen LogP contribution is 2.25. The van der Waals surface area contributed by atoms with Gasteiger partial charge in [0, 0.05) is 20.1 Å². The van der Waals surface area contributed by atoms with Crippen LogP contribution in [0.2, 0.25) is 0 Å². The Bertz CT molecular complexity index is 388. The van der Waals surface area contributed by atoms with Crippen LogP contribution in [-0.2, 0) is 20.0 Å². The fourth-order valence-electron chi connectivity index (χ4n) is 2.45. The monoisotopic (exact) mass is 300 g/mol. The quantitative estimate of drug-likeness (QED) is 0.917. The lowest BCUT2D eigenvalue weighted by atomic mass is 10.1. The summed E-state index contributed by atoms with van der Waals surface area (Å²) in [7, 11) is 2.02. The molecule has 17 heavy (non-hydrogen) atoms. The maximum atomic E-state index is 5.72. The first-order valence-corrected chi connectivity index (χ1v) is 7.07. The van der Waals surface area contributed by atoms with Gasteiger partial charge in [-0.05, 0) is 47.8 Å². The van der Waals surface area contributed by atoms with Crippen molar-refractivity contribution in [3.8, 4) is 0 Å². The number of nitrogens with two attached hydrogens (primary N) is 1. The third kappa shape index (κ3) is 2.72. The molecule has 0 bridgehead atoms. The van der Waals surface area contributed by atoms with Crippen molar-refractivity contribution >= 4 is 15.9 Å². The standard InChI is InChI=1S/C12H21BrN4/c1-3-10-12(13)11(16(2)15-10)8-17-5-4-9(6-14)7-17/h9H,3-8,14H2,1-2H3. The zero-order chi connectivity index (χ0) is 12.4. The summed E-state index contributed by atoms with van der Waals surface area (Å²) in [6, 6.07) is 0. The normalized spacial score (nSPS) is 21.3. The number of nitrogens with zero attached hydrogens (tertiary/aromatic N) is 3. The smallest absolute Gasteiger partial charge is 0.0767 e. The Kier molecular flexibility index (Phi) is 4.22. The minimum Gasteiger partial charge on any atom is -0.330 e. The fourth-order valence-corrected chi connectivity index (χ4v) is 3.19. The summed E-state index contributed by atoms with van der Waals surface area (Å²) >= 11 is 3.67. The number of hydrogen-bond acceptors (Lipinski definition) is 3. The Morgan fingerprint density at radius 1 is 1.53 bits per heavy atom. The molecule has 96 valence electrons. The highest BCUT2D eigenvalue weighted by atomic mass is 79.9. The van der Waals surface area contributed by atoms with Gasteiger partial charge in [-0.3, -0.25) is 9.58 Å². The minimum atomic E-state index is 0.674. The van der Waals surface area contributed by atoms with Crippen molar-refractivity contribution in [2.75, 3.05) is 19.6 Å². The molecule has 2 N–H and O–H groups in total. The second-order valence-electron chi connectivity index (χ2n) is 4.81. The van der Waals surface area contributed by atoms with Crippen molar-refractivity contribution in [1.29, 1.82) is 0 Å². The van der Waals surface area contributed by atoms with Crippen molar-refractivity contribution in [1.82, 2.24) is 14.7 Å². The van der Waals surface area contributed by atoms with Crippen LogP contribution in [0, 0.1) is 5.92 Å². The molecule has 1 saturated heterocycles. The first-order chi connectivity index (χ1) is 8.15. The van der Waals surface area contributed by atoms with E-state index in [2.05, 4.69) is 32.9 Å². The maximum absolute atomic E-state index is 5.72. The van der Waals surface area contributed by atoms with Crippen LogP contribution in [0.1, 0.15) is 24.7 Å². The summed E-state index contributed by atoms with van der Waals surface area (Å²) < 4.78 is 3.18. The van der Waals surface area contributed by atoms with Gasteiger partial charge in [-0.2, -0.15) is 5.10 Å². The van der Waals surface area contributed by atoms with Gasteiger partial charge in [0.25, 0.3) is 0 Å². The number of halogens is 1. The molecule has 1 atom stereocenters. The van der Waals surface area contributed by atoms with Crippen LogP contribution in [0.3, 0.4) is 0 Å². The van der Waals surface area contributed by atoms with Crippen LogP contribution in [0.15, 0.2) is 4.47 Å². The SMILES string of the molecule is CCc1nn(C)c(CN2CCC(CN)C2)c1Br. The Hall–Kier alpha value is -0.390. The average Bonchev–Trinajstić information content (AvgIpc) is 2.88. The molecule has 0 amide bonds. The van der Waals surface area contributed by atoms with E-state index in [1.54, 1.807) is 0 Å². The van der Waals surface area contributed by atoms with Gasteiger partial charge >= 0.3 is 0 Å². The molecule has 1 aliphatic heterocycles. The molecule has 1 aromatic rings. The number of rotatable bonds is 4. The van der Waals surface area contributed by atoms with Gasteiger partial charge < -0.3 is 5.73 Å². The molecule has 5 heteroatoms. The van der Waals surface area contributed by atoms with Crippen molar-refractivity contribution in [3.05, 3.63) is 15.9 Å². The predicted molar refractivity (Wildman–Crippen MR) is 72.7 cm³/mol. The molecular weight excluding hydrogens is 280 g/mol. The van der Waals surface area contributed by atoms with Crippen LogP contribution in [0.4, 0.5) is 0 Å². The van der Waals surface area contributed by atoms with E-state index in [1.807, 2.05) is 11.7 Å². The largest absolute Gasteiger partial charge is 0.330 e. The molecule has 1 aliphatic rings. The predicted octanol–water partition coefficient (Wildman–Crippen LogP) is 1.53. The van der Waals surface area contributed by atoms with Gasteiger partial charge in [-0.15, -0.1) is 0 Å². The number of likely N-dealkylation sites (tertiary alicyclic amines) is 1. The summed E-state index contributed by atoms with van der Waals surface area (Å²) in [5.41, 5.74) is 8.15. The molecule has 0 saturated carbocycles. The molecule has 0 aromatic carbocycles. The third-order valence-electron chi connectivity index (χ3n) is 3.58. The zero-order valence-electron chi connectivity index (χ0n) is 10.6. The van der Waals surface area contributed by atoms with Gasteiger partial charge in [-0.1, -0.05) is 6.92 Å². The Morgan fingerprint density at radius 3 is 2.82 bits per heavy atom. The van der Waals surface area contributed by atoms with Crippen LogP contribution in [0.5, 0.6) is 0 Å². The number of aryl methyl sites for hydroxylation is 2. The molecule has 2 heterocycles. The number of aromatic nitrogens is 2. The molecule has 4 nitrogen and oxygen atoms in total. The fraction of sp³-hybridized carbons (Fsp3) is 0.750. The molecule has 0 spiro atoms. The first-order valence-electron chi connectivity index (χ1n) is 6.28. The van der Waals surface area contributed by atoms with Crippen LogP contribution < -0.4 is 5.73 Å². The summed E-state index contributed by atoms with van der Waals surface area (Å²) in [6.45, 7) is 6.19. The maximum Gasteiger partial charge on any atom is 0.0767 e. The lowest BCUT2D eigenvalue weighted by Crippen LogP contribution is -2.24. The van der Waals surface area contributed by atoms with Gasteiger partial charge in [0.15, 0.2) is 0 Å². The van der Waals surface area contributed by atoms with Crippen molar-refractivity contribution in [3.63, 3.8) is 0 Å². The number of hydrogen-bond donors (Lipinski definition) is 1. The Balaban J connectivity index is 2.06. The lowest BCUT2D eigenvalue weighted by molar-refractivity contribution is 0.308. The van der Waals surface area contributed by atoms with Gasteiger partial charge in [0.05, 0.1) is 15.9 Å². The highest BCUT2D eigenvalue weighted by molar-refractivity contribution is 9.10. The van der Waals surface area contributed by atoms with E-state index in [4.69, 9.17) is 5.73 Å². The summed E-state index contributed by atoms with van der Waals surface area (Å²) in [6.07, 6.45) is 2.20. The molecule has 1 aromatic heterocycles. The van der Waals surface area contributed by atoms with E-state index < -0.39 is 0 Å². The van der Waals surface area contributed by atoms with E-state index in [0.717, 1.165) is 38.3 Å². The summed E-state index contributed by atoms with van der Waals surface area (Å²) in [4.78, 5) is 2.47. The Labute approximate surface area is 111 Å². The van der Waals surface area contributed by atoms with Crippen molar-refractivity contribution in [2.45, 2.75) is 26.3 Å². The minimum absolute atomic E-state index is 0.674. The lowest BCUT2D eigenvalue weighted by Gasteiger charge is -2.16. The third-order valence-corrected chi connectivity index (χ3v) is 4.50. The topological polar surface area (TPSA) is 47.1 Å². The van der Waals surface area contributed by atoms with Gasteiger partial charge in [-0.25, -0.2) is 0 Å². The van der Waals surface area contributed by atoms with E-state index >= 15 is 0 Å². The molecular formula is C12H21BrN4. The summed E-state index contributed by atoms with van der Waals surface area (Å²) in [5.74, 6) is 0.674. The van der Waals surface area contributed by atoms with Gasteiger partial charge in [0.2, 0.25) is 0 Å². The molecule has 1 fully saturated rings. The first kappa shape index (κ1) is 13.1. The van der Waals surface area contributed by atoms with Crippen molar-refractivity contribution < 1.29 is 0 Å². The van der Waals surface area contributed by atoms with Crippen LogP contribution in [-0.4, -0.2) is 34.3 Å². The molecule has 0 radical (unpaired) electrons. The molecule has 0 aliphatic carbocycles. The van der Waals surface area contributed by atoms with Gasteiger partial charge in [0.1, 0.15) is 0 Å². The van der Waals surface area contributed by atoms with E-state index in [1.165, 1.54) is 16.6 Å².